The van der Waals surface area contributed by atoms with Crippen LogP contribution in [0.2, 0.25) is 0 Å². The minimum atomic E-state index is 0.756. The van der Waals surface area contributed by atoms with Crippen molar-refractivity contribution >= 4 is 34.5 Å². The molecule has 5 nitrogen and oxygen atoms in total. The molecule has 1 aromatic carbocycles. The molecule has 35 heavy (non-hydrogen) atoms. The van der Waals surface area contributed by atoms with E-state index in [0.29, 0.717) is 0 Å². The quantitative estimate of drug-likeness (QED) is 0.430. The van der Waals surface area contributed by atoms with Gasteiger partial charge in [-0.3, -0.25) is 20.0 Å². The summed E-state index contributed by atoms with van der Waals surface area (Å²) in [6.45, 7) is 8.32. The number of pyridine rings is 2. The van der Waals surface area contributed by atoms with Crippen LogP contribution in [-0.2, 0) is 6.42 Å². The molecular weight excluding hydrogens is 430 g/mol. The van der Waals surface area contributed by atoms with Crippen LogP contribution in [0.1, 0.15) is 49.2 Å². The van der Waals surface area contributed by atoms with E-state index < -0.39 is 0 Å². The fourth-order valence-electron chi connectivity index (χ4n) is 4.64. The summed E-state index contributed by atoms with van der Waals surface area (Å²) in [6.07, 6.45) is 11.5. The SMILES string of the molecule is C\C=C(/C=N\C(C)=C(\C=NC)c1cccc2nc(C)ccc12)c1ccc(CC2CCNCC2)cn1. The molecule has 5 heteroatoms. The van der Waals surface area contributed by atoms with E-state index >= 15 is 0 Å². The summed E-state index contributed by atoms with van der Waals surface area (Å²) in [5.41, 5.74) is 8.19. The van der Waals surface area contributed by atoms with Crippen molar-refractivity contribution in [3.63, 3.8) is 0 Å². The first-order valence-electron chi connectivity index (χ1n) is 12.4. The van der Waals surface area contributed by atoms with Crippen LogP contribution in [-0.4, -0.2) is 42.5 Å². The third kappa shape index (κ3) is 6.17. The third-order valence-electron chi connectivity index (χ3n) is 6.62. The van der Waals surface area contributed by atoms with Crippen molar-refractivity contribution in [2.75, 3.05) is 20.1 Å². The van der Waals surface area contributed by atoms with E-state index in [1.165, 1.54) is 18.4 Å². The zero-order chi connectivity index (χ0) is 24.6. The second kappa shape index (κ2) is 11.8. The number of benzene rings is 1. The van der Waals surface area contributed by atoms with Gasteiger partial charge in [0.15, 0.2) is 0 Å². The van der Waals surface area contributed by atoms with Crippen LogP contribution in [0.3, 0.4) is 0 Å². The molecule has 1 saturated heterocycles. The van der Waals surface area contributed by atoms with Gasteiger partial charge >= 0.3 is 0 Å². The van der Waals surface area contributed by atoms with Gasteiger partial charge < -0.3 is 5.32 Å². The first-order chi connectivity index (χ1) is 17.1. The number of hydrogen-bond donors (Lipinski definition) is 1. The van der Waals surface area contributed by atoms with Crippen LogP contribution >= 0.6 is 0 Å². The van der Waals surface area contributed by atoms with Gasteiger partial charge in [0.2, 0.25) is 0 Å². The van der Waals surface area contributed by atoms with Gasteiger partial charge in [0.05, 0.1) is 11.2 Å². The highest BCUT2D eigenvalue weighted by Gasteiger charge is 2.14. The molecule has 0 saturated carbocycles. The molecule has 1 aliphatic rings. The fourth-order valence-corrected chi connectivity index (χ4v) is 4.64. The Labute approximate surface area is 208 Å². The minimum absolute atomic E-state index is 0.756. The van der Waals surface area contributed by atoms with Crippen molar-refractivity contribution in [2.45, 2.75) is 40.0 Å². The standard InChI is InChI=1S/C30H35N5/c1-5-25(29-12-10-24(18-34-29)17-23-13-15-32-16-14-23)19-33-22(3)28(20-31-4)26-7-6-8-30-27(26)11-9-21(2)35-30/h5-12,18-20,23,32H,13-17H2,1-4H3/b25-5+,28-22-,31-20?,33-19-. The number of aromatic nitrogens is 2. The van der Waals surface area contributed by atoms with Crippen LogP contribution in [0, 0.1) is 12.8 Å². The Hall–Kier alpha value is -3.44. The second-order valence-electron chi connectivity index (χ2n) is 9.16. The van der Waals surface area contributed by atoms with Gasteiger partial charge in [-0.25, -0.2) is 0 Å². The predicted octanol–water partition coefficient (Wildman–Crippen LogP) is 6.09. The average molecular weight is 466 g/mol. The molecule has 0 atom stereocenters. The van der Waals surface area contributed by atoms with Gasteiger partial charge in [-0.2, -0.15) is 0 Å². The molecule has 0 unspecified atom stereocenters. The highest BCUT2D eigenvalue weighted by atomic mass is 14.9. The van der Waals surface area contributed by atoms with Crippen molar-refractivity contribution in [3.05, 3.63) is 82.9 Å². The number of nitrogens with zero attached hydrogens (tertiary/aromatic N) is 4. The Morgan fingerprint density at radius 1 is 1.09 bits per heavy atom. The van der Waals surface area contributed by atoms with Crippen molar-refractivity contribution in [2.24, 2.45) is 15.9 Å². The molecular formula is C30H35N5. The Kier molecular flexibility index (Phi) is 8.32. The Balaban J connectivity index is 1.58. The molecule has 3 heterocycles. The maximum Gasteiger partial charge on any atom is 0.0714 e. The van der Waals surface area contributed by atoms with E-state index in [9.17, 15) is 0 Å². The molecule has 2 aromatic heterocycles. The van der Waals surface area contributed by atoms with Crippen molar-refractivity contribution < 1.29 is 0 Å². The monoisotopic (exact) mass is 465 g/mol. The van der Waals surface area contributed by atoms with E-state index in [0.717, 1.165) is 70.1 Å². The lowest BCUT2D eigenvalue weighted by molar-refractivity contribution is 0.372. The molecule has 0 spiro atoms. The second-order valence-corrected chi connectivity index (χ2v) is 9.16. The van der Waals surface area contributed by atoms with Gasteiger partial charge in [-0.1, -0.05) is 30.3 Å². The molecule has 3 aromatic rings. The predicted molar refractivity (Wildman–Crippen MR) is 149 cm³/mol. The van der Waals surface area contributed by atoms with Gasteiger partial charge in [-0.05, 0) is 88.4 Å². The molecule has 0 bridgehead atoms. The largest absolute Gasteiger partial charge is 0.317 e. The topological polar surface area (TPSA) is 62.5 Å². The fraction of sp³-hybridized carbons (Fsp3) is 0.333. The van der Waals surface area contributed by atoms with Crippen molar-refractivity contribution in [3.8, 4) is 0 Å². The molecule has 0 amide bonds. The number of aryl methyl sites for hydroxylation is 1. The maximum atomic E-state index is 4.84. The zero-order valence-electron chi connectivity index (χ0n) is 21.3. The van der Waals surface area contributed by atoms with Gasteiger partial charge in [0.1, 0.15) is 0 Å². The van der Waals surface area contributed by atoms with E-state index in [-0.39, 0.29) is 0 Å². The lowest BCUT2D eigenvalue weighted by Gasteiger charge is -2.22. The first kappa shape index (κ1) is 24.7. The molecule has 1 fully saturated rings. The molecule has 1 aliphatic heterocycles. The van der Waals surface area contributed by atoms with Crippen LogP contribution in [0.15, 0.2) is 70.4 Å². The number of rotatable bonds is 7. The Bertz CT molecular complexity index is 1280. The van der Waals surface area contributed by atoms with Crippen molar-refractivity contribution in [1.82, 2.24) is 15.3 Å². The lowest BCUT2D eigenvalue weighted by Crippen LogP contribution is -2.28. The number of allylic oxidation sites excluding steroid dienone is 4. The number of fused-ring (bicyclic) bond motifs is 1. The normalized spacial score (nSPS) is 16.4. The first-order valence-corrected chi connectivity index (χ1v) is 12.4. The minimum Gasteiger partial charge on any atom is -0.317 e. The summed E-state index contributed by atoms with van der Waals surface area (Å²) in [6, 6.07) is 14.7. The number of hydrogen-bond acceptors (Lipinski definition) is 5. The highest BCUT2D eigenvalue weighted by Crippen LogP contribution is 2.27. The highest BCUT2D eigenvalue weighted by molar-refractivity contribution is 6.16. The summed E-state index contributed by atoms with van der Waals surface area (Å²) < 4.78 is 0. The Morgan fingerprint density at radius 3 is 2.63 bits per heavy atom. The molecule has 1 N–H and O–H groups in total. The third-order valence-corrected chi connectivity index (χ3v) is 6.62. The summed E-state index contributed by atoms with van der Waals surface area (Å²) in [4.78, 5) is 18.6. The van der Waals surface area contributed by atoms with Gasteiger partial charge in [0.25, 0.3) is 0 Å². The summed E-state index contributed by atoms with van der Waals surface area (Å²) in [7, 11) is 1.79. The number of aliphatic imine (C=N–C) groups is 2. The Morgan fingerprint density at radius 2 is 1.91 bits per heavy atom. The summed E-state index contributed by atoms with van der Waals surface area (Å²) >= 11 is 0. The molecule has 0 radical (unpaired) electrons. The van der Waals surface area contributed by atoms with Gasteiger partial charge in [-0.15, -0.1) is 0 Å². The van der Waals surface area contributed by atoms with E-state index in [4.69, 9.17) is 9.98 Å². The summed E-state index contributed by atoms with van der Waals surface area (Å²) in [5, 5.41) is 4.54. The lowest BCUT2D eigenvalue weighted by atomic mass is 9.91. The summed E-state index contributed by atoms with van der Waals surface area (Å²) in [5.74, 6) is 0.756. The maximum absolute atomic E-state index is 4.84. The van der Waals surface area contributed by atoms with Gasteiger partial charge in [0, 0.05) is 53.6 Å². The molecule has 4 rings (SSSR count). The van der Waals surface area contributed by atoms with E-state index in [1.807, 2.05) is 57.6 Å². The van der Waals surface area contributed by atoms with Crippen LogP contribution in [0.4, 0.5) is 0 Å². The van der Waals surface area contributed by atoms with E-state index in [2.05, 4.69) is 45.6 Å². The molecule has 0 aliphatic carbocycles. The smallest absolute Gasteiger partial charge is 0.0714 e. The van der Waals surface area contributed by atoms with E-state index in [1.54, 1.807) is 7.05 Å². The van der Waals surface area contributed by atoms with Crippen LogP contribution in [0.25, 0.3) is 22.0 Å². The number of nitrogens with one attached hydrogen (secondary N) is 1. The van der Waals surface area contributed by atoms with Crippen LogP contribution in [0.5, 0.6) is 0 Å². The molecule has 180 valence electrons. The van der Waals surface area contributed by atoms with Crippen molar-refractivity contribution in [1.29, 1.82) is 0 Å². The van der Waals surface area contributed by atoms with Crippen LogP contribution < -0.4 is 5.32 Å². The average Bonchev–Trinajstić information content (AvgIpc) is 2.88. The zero-order valence-corrected chi connectivity index (χ0v) is 21.3. The number of piperidine rings is 1.